The SMILES string of the molecule is C#Cc1cccc2cccc(-c3ncc4c(N5CCCCC(NC(=O)/C(F)=C/c6cccnn6)C5)nc(OC)nc4c3F)c12. The predicted octanol–water partition coefficient (Wildman–Crippen LogP) is 5.25. The highest BCUT2D eigenvalue weighted by molar-refractivity contribution is 6.02. The molecule has 9 nitrogen and oxygen atoms in total. The molecule has 1 aliphatic rings. The quantitative estimate of drug-likeness (QED) is 0.211. The number of methoxy groups -OCH3 is 1. The van der Waals surface area contributed by atoms with Crippen molar-refractivity contribution in [3.8, 4) is 29.6 Å². The second-order valence-electron chi connectivity index (χ2n) is 10.3. The standard InChI is InChI=1S/C33H27F2N7O2/c1-3-20-9-6-10-21-11-7-14-24(27(20)21)29-28(35)30-25(18-36-29)31(40-33(39-30)44-2)42-16-5-4-12-23(19-42)38-32(43)26(34)17-22-13-8-15-37-41-22/h1,6-11,13-15,17-18,23H,4-5,12,16,19H2,2H3,(H,38,43)/b26-17-. The van der Waals surface area contributed by atoms with Crippen molar-refractivity contribution in [1.82, 2.24) is 30.5 Å². The van der Waals surface area contributed by atoms with E-state index in [4.69, 9.17) is 11.2 Å². The van der Waals surface area contributed by atoms with Crippen molar-refractivity contribution in [3.05, 3.63) is 83.8 Å². The van der Waals surface area contributed by atoms with Gasteiger partial charge in [0, 0.05) is 54.1 Å². The van der Waals surface area contributed by atoms with Gasteiger partial charge in [0.05, 0.1) is 18.2 Å². The predicted molar refractivity (Wildman–Crippen MR) is 164 cm³/mol. The molecule has 11 heteroatoms. The summed E-state index contributed by atoms with van der Waals surface area (Å²) in [7, 11) is 1.41. The van der Waals surface area contributed by atoms with Gasteiger partial charge in [-0.25, -0.2) is 8.78 Å². The number of nitrogens with zero attached hydrogens (tertiary/aromatic N) is 6. The molecule has 1 saturated heterocycles. The van der Waals surface area contributed by atoms with Crippen LogP contribution >= 0.6 is 0 Å². The van der Waals surface area contributed by atoms with Gasteiger partial charge in [0.25, 0.3) is 5.91 Å². The van der Waals surface area contributed by atoms with Gasteiger partial charge < -0.3 is 15.0 Å². The van der Waals surface area contributed by atoms with Crippen molar-refractivity contribution in [1.29, 1.82) is 0 Å². The molecule has 1 amide bonds. The number of halogens is 2. The molecule has 3 aromatic heterocycles. The molecule has 6 rings (SSSR count). The average Bonchev–Trinajstić information content (AvgIpc) is 3.30. The number of benzene rings is 2. The second-order valence-corrected chi connectivity index (χ2v) is 10.3. The third-order valence-electron chi connectivity index (χ3n) is 7.53. The largest absolute Gasteiger partial charge is 0.467 e. The molecular formula is C33H27F2N7O2. The molecule has 2 aromatic carbocycles. The fraction of sp³-hybridized carbons (Fsp3) is 0.212. The van der Waals surface area contributed by atoms with Gasteiger partial charge in [0.1, 0.15) is 17.0 Å². The lowest BCUT2D eigenvalue weighted by atomic mass is 9.97. The third kappa shape index (κ3) is 5.62. The van der Waals surface area contributed by atoms with Crippen LogP contribution in [-0.2, 0) is 4.79 Å². The maximum atomic E-state index is 16.4. The summed E-state index contributed by atoms with van der Waals surface area (Å²) in [5.74, 6) is 0.620. The van der Waals surface area contributed by atoms with E-state index in [9.17, 15) is 9.18 Å². The Morgan fingerprint density at radius 3 is 2.77 bits per heavy atom. The van der Waals surface area contributed by atoms with Gasteiger partial charge >= 0.3 is 6.01 Å². The lowest BCUT2D eigenvalue weighted by Gasteiger charge is -2.27. The smallest absolute Gasteiger partial charge is 0.318 e. The van der Waals surface area contributed by atoms with E-state index in [1.54, 1.807) is 30.5 Å². The minimum atomic E-state index is -0.976. The van der Waals surface area contributed by atoms with Gasteiger partial charge in [-0.3, -0.25) is 9.78 Å². The van der Waals surface area contributed by atoms with Crippen LogP contribution in [0.2, 0.25) is 0 Å². The first-order chi connectivity index (χ1) is 21.5. The zero-order valence-corrected chi connectivity index (χ0v) is 23.8. The topological polar surface area (TPSA) is 106 Å². The number of nitrogens with one attached hydrogen (secondary N) is 1. The molecule has 0 spiro atoms. The van der Waals surface area contributed by atoms with Crippen molar-refractivity contribution >= 4 is 39.5 Å². The molecule has 1 unspecified atom stereocenters. The van der Waals surface area contributed by atoms with Crippen molar-refractivity contribution in [2.75, 3.05) is 25.1 Å². The highest BCUT2D eigenvalue weighted by Gasteiger charge is 2.26. The van der Waals surface area contributed by atoms with E-state index < -0.39 is 23.6 Å². The summed E-state index contributed by atoms with van der Waals surface area (Å²) in [5.41, 5.74) is 1.54. The maximum Gasteiger partial charge on any atom is 0.318 e. The Kier molecular flexibility index (Phi) is 8.06. The number of terminal acetylenes is 1. The lowest BCUT2D eigenvalue weighted by molar-refractivity contribution is -0.119. The molecule has 1 atom stereocenters. The molecular weight excluding hydrogens is 564 g/mol. The maximum absolute atomic E-state index is 16.4. The van der Waals surface area contributed by atoms with E-state index in [0.717, 1.165) is 29.7 Å². The van der Waals surface area contributed by atoms with Crippen molar-refractivity contribution in [3.63, 3.8) is 0 Å². The number of rotatable bonds is 6. The van der Waals surface area contributed by atoms with Crippen LogP contribution in [0.3, 0.4) is 0 Å². The molecule has 1 fully saturated rings. The highest BCUT2D eigenvalue weighted by Crippen LogP contribution is 2.36. The van der Waals surface area contributed by atoms with E-state index in [-0.39, 0.29) is 22.9 Å². The van der Waals surface area contributed by atoms with Gasteiger partial charge in [-0.1, -0.05) is 36.3 Å². The number of carbonyl (C=O) groups excluding carboxylic acids is 1. The van der Waals surface area contributed by atoms with Crippen LogP contribution in [0.15, 0.2) is 66.8 Å². The Morgan fingerprint density at radius 2 is 2.00 bits per heavy atom. The summed E-state index contributed by atoms with van der Waals surface area (Å²) in [6.45, 7) is 0.870. The molecule has 0 bridgehead atoms. The number of fused-ring (bicyclic) bond motifs is 2. The highest BCUT2D eigenvalue weighted by atomic mass is 19.1. The Bertz CT molecular complexity index is 1940. The van der Waals surface area contributed by atoms with Gasteiger partial charge in [-0.05, 0) is 42.8 Å². The fourth-order valence-corrected chi connectivity index (χ4v) is 5.49. The first-order valence-corrected chi connectivity index (χ1v) is 14.1. The van der Waals surface area contributed by atoms with Crippen molar-refractivity contribution in [2.24, 2.45) is 0 Å². The number of aromatic nitrogens is 5. The molecule has 0 radical (unpaired) electrons. The van der Waals surface area contributed by atoms with Crippen LogP contribution in [0.4, 0.5) is 14.6 Å². The molecule has 220 valence electrons. The molecule has 44 heavy (non-hydrogen) atoms. The Morgan fingerprint density at radius 1 is 1.16 bits per heavy atom. The Balaban J connectivity index is 1.36. The first-order valence-electron chi connectivity index (χ1n) is 14.1. The summed E-state index contributed by atoms with van der Waals surface area (Å²) in [4.78, 5) is 28.1. The zero-order valence-electron chi connectivity index (χ0n) is 23.8. The van der Waals surface area contributed by atoms with E-state index in [0.29, 0.717) is 41.8 Å². The van der Waals surface area contributed by atoms with Crippen LogP contribution in [-0.4, -0.2) is 57.3 Å². The number of ether oxygens (including phenoxy) is 1. The Hall–Kier alpha value is -5.50. The van der Waals surface area contributed by atoms with E-state index in [1.165, 1.54) is 13.3 Å². The normalized spacial score (nSPS) is 15.5. The minimum Gasteiger partial charge on any atom is -0.467 e. The van der Waals surface area contributed by atoms with E-state index >= 15 is 4.39 Å². The van der Waals surface area contributed by atoms with Gasteiger partial charge in [0.2, 0.25) is 0 Å². The monoisotopic (exact) mass is 591 g/mol. The van der Waals surface area contributed by atoms with Crippen LogP contribution in [0, 0.1) is 18.2 Å². The van der Waals surface area contributed by atoms with Crippen LogP contribution in [0.25, 0.3) is 39.0 Å². The minimum absolute atomic E-state index is 0.0198. The number of hydrogen-bond acceptors (Lipinski definition) is 8. The van der Waals surface area contributed by atoms with Gasteiger partial charge in [0.15, 0.2) is 11.6 Å². The number of hydrogen-bond donors (Lipinski definition) is 1. The summed E-state index contributed by atoms with van der Waals surface area (Å²) in [5, 5.41) is 12.2. The number of anilines is 1. The summed E-state index contributed by atoms with van der Waals surface area (Å²) >= 11 is 0. The van der Waals surface area contributed by atoms with E-state index in [2.05, 4.69) is 36.4 Å². The number of pyridine rings is 1. The summed E-state index contributed by atoms with van der Waals surface area (Å²) < 4.78 is 36.5. The second kappa shape index (κ2) is 12.4. The zero-order chi connectivity index (χ0) is 30.6. The summed E-state index contributed by atoms with van der Waals surface area (Å²) in [6, 6.07) is 13.8. The van der Waals surface area contributed by atoms with Gasteiger partial charge in [-0.15, -0.1) is 6.42 Å². The first kappa shape index (κ1) is 28.6. The Labute approximate surface area is 252 Å². The molecule has 1 aliphatic heterocycles. The fourth-order valence-electron chi connectivity index (χ4n) is 5.49. The van der Waals surface area contributed by atoms with Gasteiger partial charge in [-0.2, -0.15) is 20.2 Å². The molecule has 0 aliphatic carbocycles. The average molecular weight is 592 g/mol. The van der Waals surface area contributed by atoms with Crippen LogP contribution in [0.5, 0.6) is 6.01 Å². The lowest BCUT2D eigenvalue weighted by Crippen LogP contribution is -2.43. The van der Waals surface area contributed by atoms with Crippen LogP contribution < -0.4 is 15.0 Å². The third-order valence-corrected chi connectivity index (χ3v) is 7.53. The van der Waals surface area contributed by atoms with Crippen LogP contribution in [0.1, 0.15) is 30.5 Å². The summed E-state index contributed by atoms with van der Waals surface area (Å²) in [6.07, 6.45) is 12.0. The molecule has 1 N–H and O–H groups in total. The number of carbonyl (C=O) groups is 1. The van der Waals surface area contributed by atoms with Crippen molar-refractivity contribution < 1.29 is 18.3 Å². The molecule has 0 saturated carbocycles. The van der Waals surface area contributed by atoms with Crippen molar-refractivity contribution in [2.45, 2.75) is 25.3 Å². The van der Waals surface area contributed by atoms with E-state index in [1.807, 2.05) is 29.2 Å². The molecule has 4 heterocycles. The molecule has 5 aromatic rings. The number of amides is 1.